The molecule has 0 aromatic heterocycles. The molecule has 1 aliphatic heterocycles. The van der Waals surface area contributed by atoms with Gasteiger partial charge in [-0.3, -0.25) is 18.8 Å². The van der Waals surface area contributed by atoms with Crippen LogP contribution < -0.4 is 10.6 Å². The molecule has 0 aliphatic carbocycles. The molecule has 1 heterocycles. The van der Waals surface area contributed by atoms with E-state index >= 15 is 0 Å². The molecule has 0 spiro atoms. The average molecular weight is 489 g/mol. The van der Waals surface area contributed by atoms with Crippen molar-refractivity contribution in [3.8, 4) is 0 Å². The molecule has 34 heavy (non-hydrogen) atoms. The lowest BCUT2D eigenvalue weighted by atomic mass is 10.1. The third-order valence-corrected chi connectivity index (χ3v) is 7.45. The number of carbonyl (C=O) groups is 2. The number of unbranched alkanes of at least 4 members (excludes halogenated alkanes) is 2. The number of para-hydroxylation sites is 1. The number of rotatable bonds is 13. The Morgan fingerprint density at radius 1 is 1.06 bits per heavy atom. The predicted molar refractivity (Wildman–Crippen MR) is 131 cm³/mol. The normalized spacial score (nSPS) is 17.7. The number of hydrogen-bond donors (Lipinski definition) is 3. The minimum atomic E-state index is -4.07. The molecule has 0 saturated carbocycles. The largest absolute Gasteiger partial charge is 0.480 e. The van der Waals surface area contributed by atoms with E-state index in [4.69, 9.17) is 10.3 Å². The fourth-order valence-corrected chi connectivity index (χ4v) is 5.57. The Morgan fingerprint density at radius 2 is 1.76 bits per heavy atom. The summed E-state index contributed by atoms with van der Waals surface area (Å²) < 4.78 is 18.4. The second-order valence-corrected chi connectivity index (χ2v) is 10.5. The summed E-state index contributed by atoms with van der Waals surface area (Å²) in [6, 6.07) is 15.8. The second kappa shape index (κ2) is 12.3. The van der Waals surface area contributed by atoms with Crippen molar-refractivity contribution in [2.24, 2.45) is 5.73 Å². The summed E-state index contributed by atoms with van der Waals surface area (Å²) in [5.41, 5.74) is 7.98. The first-order chi connectivity index (χ1) is 16.3. The summed E-state index contributed by atoms with van der Waals surface area (Å²) in [6.07, 6.45) is 2.20. The summed E-state index contributed by atoms with van der Waals surface area (Å²) in [7, 11) is -4.07. The van der Waals surface area contributed by atoms with Gasteiger partial charge in [-0.2, -0.15) is 0 Å². The summed E-state index contributed by atoms with van der Waals surface area (Å²) in [5.74, 6) is -1.73. The molecule has 184 valence electrons. The van der Waals surface area contributed by atoms with Crippen LogP contribution in [0.2, 0.25) is 0 Å². The van der Waals surface area contributed by atoms with Gasteiger partial charge in [0.1, 0.15) is 12.1 Å². The Balaban J connectivity index is 1.69. The van der Waals surface area contributed by atoms with Gasteiger partial charge in [-0.15, -0.1) is 0 Å². The maximum absolute atomic E-state index is 13.5. The lowest BCUT2D eigenvalue weighted by molar-refractivity contribution is -0.140. The zero-order valence-electron chi connectivity index (χ0n) is 19.2. The van der Waals surface area contributed by atoms with E-state index in [0.29, 0.717) is 37.9 Å². The van der Waals surface area contributed by atoms with Crippen molar-refractivity contribution in [1.82, 2.24) is 0 Å². The molecular weight excluding hydrogens is 455 g/mol. The van der Waals surface area contributed by atoms with Crippen molar-refractivity contribution < 1.29 is 28.7 Å². The van der Waals surface area contributed by atoms with E-state index < -0.39 is 31.6 Å². The summed E-state index contributed by atoms with van der Waals surface area (Å²) in [4.78, 5) is 37.1. The molecule has 1 amide bonds. The molecule has 0 saturated heterocycles. The average Bonchev–Trinajstić information content (AvgIpc) is 3.21. The van der Waals surface area contributed by atoms with E-state index in [1.54, 1.807) is 24.3 Å². The van der Waals surface area contributed by atoms with Crippen molar-refractivity contribution >= 4 is 25.2 Å². The number of nitrogens with two attached hydrogens (primary N) is 1. The van der Waals surface area contributed by atoms with Crippen LogP contribution in [0.3, 0.4) is 0 Å². The van der Waals surface area contributed by atoms with Gasteiger partial charge in [-0.1, -0.05) is 48.5 Å². The fraction of sp³-hybridized carbons (Fsp3) is 0.440. The van der Waals surface area contributed by atoms with Gasteiger partial charge in [0.25, 0.3) is 5.91 Å². The standard InChI is InChI=1S/C25H33N2O6P/c26-16-8-6-15-23(33-34(31,32)17-9-7-12-19-10-2-1-3-11-19)24(28)27-21-14-5-4-13-20(21)18-22(27)25(29)30/h1-5,10-11,13-14,22-23H,6-9,12,15-18,26H2,(H,29,30)(H,31,32)/t22-,23-/m0/s1. The zero-order chi connectivity index (χ0) is 24.6. The summed E-state index contributed by atoms with van der Waals surface area (Å²) >= 11 is 0. The molecular formula is C25H33N2O6P. The first-order valence-electron chi connectivity index (χ1n) is 11.7. The van der Waals surface area contributed by atoms with Crippen LogP contribution in [0.4, 0.5) is 5.69 Å². The van der Waals surface area contributed by atoms with E-state index in [2.05, 4.69) is 0 Å². The molecule has 0 fully saturated rings. The Labute approximate surface area is 200 Å². The van der Waals surface area contributed by atoms with E-state index in [9.17, 15) is 24.2 Å². The third kappa shape index (κ3) is 7.00. The molecule has 4 N–H and O–H groups in total. The quantitative estimate of drug-likeness (QED) is 0.289. The molecule has 2 aromatic carbocycles. The number of fused-ring (bicyclic) bond motifs is 1. The Morgan fingerprint density at radius 3 is 2.47 bits per heavy atom. The number of aliphatic carboxylic acids is 1. The van der Waals surface area contributed by atoms with Gasteiger partial charge in [-0.05, 0) is 62.3 Å². The molecule has 3 rings (SSSR count). The lowest BCUT2D eigenvalue weighted by Crippen LogP contribution is -2.48. The first-order valence-corrected chi connectivity index (χ1v) is 13.5. The molecule has 0 radical (unpaired) electrons. The van der Waals surface area contributed by atoms with Crippen molar-refractivity contribution in [1.29, 1.82) is 0 Å². The van der Waals surface area contributed by atoms with Crippen LogP contribution >= 0.6 is 7.60 Å². The lowest BCUT2D eigenvalue weighted by Gasteiger charge is -2.28. The van der Waals surface area contributed by atoms with Gasteiger partial charge in [0, 0.05) is 12.1 Å². The molecule has 2 aromatic rings. The van der Waals surface area contributed by atoms with Crippen LogP contribution in [0, 0.1) is 0 Å². The SMILES string of the molecule is NCCCC[C@H](OP(=O)(O)CCCCc1ccccc1)C(=O)N1c2ccccc2C[C@H]1C(=O)O. The van der Waals surface area contributed by atoms with E-state index in [1.807, 2.05) is 30.3 Å². The minimum Gasteiger partial charge on any atom is -0.480 e. The molecule has 8 nitrogen and oxygen atoms in total. The number of carboxylic acid groups (broad SMARTS) is 1. The number of nitrogens with zero attached hydrogens (tertiary/aromatic N) is 1. The van der Waals surface area contributed by atoms with E-state index in [1.165, 1.54) is 4.90 Å². The van der Waals surface area contributed by atoms with Crippen LogP contribution in [0.25, 0.3) is 0 Å². The van der Waals surface area contributed by atoms with Crippen molar-refractivity contribution in [2.75, 3.05) is 17.6 Å². The van der Waals surface area contributed by atoms with Gasteiger partial charge in [-0.25, -0.2) is 4.79 Å². The fourth-order valence-electron chi connectivity index (χ4n) is 4.24. The number of aryl methyl sites for hydroxylation is 1. The van der Waals surface area contributed by atoms with Gasteiger partial charge in [0.15, 0.2) is 0 Å². The number of carboxylic acids is 1. The van der Waals surface area contributed by atoms with Crippen molar-refractivity contribution in [3.05, 3.63) is 65.7 Å². The monoisotopic (exact) mass is 488 g/mol. The van der Waals surface area contributed by atoms with Gasteiger partial charge >= 0.3 is 13.6 Å². The Hall–Kier alpha value is -2.51. The molecule has 3 atom stereocenters. The van der Waals surface area contributed by atoms with Crippen LogP contribution in [-0.4, -0.2) is 46.7 Å². The maximum atomic E-state index is 13.5. The maximum Gasteiger partial charge on any atom is 0.328 e. The highest BCUT2D eigenvalue weighted by atomic mass is 31.2. The van der Waals surface area contributed by atoms with E-state index in [-0.39, 0.29) is 19.0 Å². The van der Waals surface area contributed by atoms with Crippen molar-refractivity contribution in [3.63, 3.8) is 0 Å². The number of amides is 1. The Kier molecular flexibility index (Phi) is 9.42. The molecule has 1 unspecified atom stereocenters. The molecule has 0 bridgehead atoms. The number of hydrogen-bond acceptors (Lipinski definition) is 5. The second-order valence-electron chi connectivity index (χ2n) is 8.58. The number of anilines is 1. The topological polar surface area (TPSA) is 130 Å². The minimum absolute atomic E-state index is 0.0700. The Bertz CT molecular complexity index is 1020. The van der Waals surface area contributed by atoms with Crippen molar-refractivity contribution in [2.45, 2.75) is 57.1 Å². The third-order valence-electron chi connectivity index (χ3n) is 5.99. The smallest absolute Gasteiger partial charge is 0.328 e. The van der Waals surface area contributed by atoms with Crippen LogP contribution in [0.5, 0.6) is 0 Å². The summed E-state index contributed by atoms with van der Waals surface area (Å²) in [5, 5.41) is 9.72. The molecule has 9 heteroatoms. The first kappa shape index (κ1) is 26.1. The van der Waals surface area contributed by atoms with Crippen LogP contribution in [0.15, 0.2) is 54.6 Å². The van der Waals surface area contributed by atoms with Gasteiger partial charge in [0.05, 0.1) is 6.16 Å². The van der Waals surface area contributed by atoms with E-state index in [0.717, 1.165) is 17.5 Å². The van der Waals surface area contributed by atoms with Gasteiger partial charge in [0.2, 0.25) is 0 Å². The zero-order valence-corrected chi connectivity index (χ0v) is 20.1. The highest BCUT2D eigenvalue weighted by Crippen LogP contribution is 2.46. The highest BCUT2D eigenvalue weighted by Gasteiger charge is 2.42. The van der Waals surface area contributed by atoms with Crippen LogP contribution in [-0.2, 0) is 31.5 Å². The highest BCUT2D eigenvalue weighted by molar-refractivity contribution is 7.52. The van der Waals surface area contributed by atoms with Gasteiger partial charge < -0.3 is 15.7 Å². The number of carbonyl (C=O) groups excluding carboxylic acids is 1. The number of benzene rings is 2. The summed E-state index contributed by atoms with van der Waals surface area (Å²) in [6.45, 7) is 0.418. The molecule has 1 aliphatic rings. The van der Waals surface area contributed by atoms with Crippen LogP contribution in [0.1, 0.15) is 43.2 Å². The predicted octanol–water partition coefficient (Wildman–Crippen LogP) is 3.75.